The first-order valence-corrected chi connectivity index (χ1v) is 12.2. The van der Waals surface area contributed by atoms with Crippen LogP contribution < -0.4 is 0 Å². The molecule has 0 aromatic heterocycles. The molecule has 0 aromatic rings. The summed E-state index contributed by atoms with van der Waals surface area (Å²) >= 11 is 0. The van der Waals surface area contributed by atoms with Crippen molar-refractivity contribution in [1.82, 2.24) is 0 Å². The summed E-state index contributed by atoms with van der Waals surface area (Å²) in [4.78, 5) is 0. The second-order valence-corrected chi connectivity index (χ2v) is 10.6. The lowest BCUT2D eigenvalue weighted by Crippen LogP contribution is -2.28. The van der Waals surface area contributed by atoms with Crippen molar-refractivity contribution < 1.29 is 0 Å². The molecule has 0 nitrogen and oxygen atoms in total. The zero-order chi connectivity index (χ0) is 17.6. The van der Waals surface area contributed by atoms with Crippen LogP contribution in [0.2, 0.25) is 0 Å². The van der Waals surface area contributed by atoms with Gasteiger partial charge in [0.1, 0.15) is 0 Å². The van der Waals surface area contributed by atoms with Crippen LogP contribution in [0.3, 0.4) is 0 Å². The Morgan fingerprint density at radius 2 is 0.960 bits per heavy atom. The summed E-state index contributed by atoms with van der Waals surface area (Å²) in [6.45, 7) is 7.12. The van der Waals surface area contributed by atoms with E-state index in [1.54, 1.807) is 64.2 Å². The second kappa shape index (κ2) is 9.80. The van der Waals surface area contributed by atoms with E-state index in [1.165, 1.54) is 32.1 Å². The predicted octanol–water partition coefficient (Wildman–Crippen LogP) is 8.25. The number of rotatable bonds is 2. The molecule has 4 aliphatic rings. The Bertz CT molecular complexity index is 346. The van der Waals surface area contributed by atoms with Crippen LogP contribution >= 0.6 is 0 Å². The van der Waals surface area contributed by atoms with Gasteiger partial charge in [0, 0.05) is 0 Å². The summed E-state index contributed by atoms with van der Waals surface area (Å²) in [6.07, 6.45) is 23.0. The van der Waals surface area contributed by atoms with E-state index in [9.17, 15) is 0 Å². The van der Waals surface area contributed by atoms with Crippen molar-refractivity contribution in [3.05, 3.63) is 0 Å². The fraction of sp³-hybridized carbons (Fsp3) is 1.00. The van der Waals surface area contributed by atoms with Crippen LogP contribution in [0.15, 0.2) is 0 Å². The molecule has 3 atom stereocenters. The average molecular weight is 347 g/mol. The molecule has 25 heavy (non-hydrogen) atoms. The van der Waals surface area contributed by atoms with Crippen molar-refractivity contribution in [3.63, 3.8) is 0 Å². The molecule has 0 saturated heterocycles. The van der Waals surface area contributed by atoms with Crippen molar-refractivity contribution in [1.29, 1.82) is 0 Å². The predicted molar refractivity (Wildman–Crippen MR) is 111 cm³/mol. The van der Waals surface area contributed by atoms with E-state index in [0.717, 1.165) is 41.4 Å². The molecule has 4 rings (SSSR count). The van der Waals surface area contributed by atoms with Crippen LogP contribution in [-0.2, 0) is 0 Å². The van der Waals surface area contributed by atoms with Gasteiger partial charge in [-0.15, -0.1) is 0 Å². The van der Waals surface area contributed by atoms with Gasteiger partial charge >= 0.3 is 0 Å². The first-order valence-electron chi connectivity index (χ1n) is 12.2. The molecule has 0 amide bonds. The van der Waals surface area contributed by atoms with Gasteiger partial charge in [0.05, 0.1) is 0 Å². The molecule has 0 N–H and O–H groups in total. The first-order chi connectivity index (χ1) is 12.2. The highest BCUT2D eigenvalue weighted by atomic mass is 14.4. The highest BCUT2D eigenvalue weighted by Crippen LogP contribution is 2.49. The van der Waals surface area contributed by atoms with E-state index >= 15 is 0 Å². The number of hydrogen-bond acceptors (Lipinski definition) is 0. The fourth-order valence-corrected chi connectivity index (χ4v) is 6.66. The van der Waals surface area contributed by atoms with Crippen LogP contribution in [0.1, 0.15) is 117 Å². The third kappa shape index (κ3) is 5.74. The van der Waals surface area contributed by atoms with Gasteiger partial charge in [-0.2, -0.15) is 0 Å². The summed E-state index contributed by atoms with van der Waals surface area (Å²) in [5.41, 5.74) is 0. The summed E-state index contributed by atoms with van der Waals surface area (Å²) < 4.78 is 0. The molecule has 4 saturated carbocycles. The number of fused-ring (bicyclic) bond motifs is 1. The molecule has 0 spiro atoms. The van der Waals surface area contributed by atoms with Gasteiger partial charge in [-0.05, 0) is 73.5 Å². The van der Waals surface area contributed by atoms with Gasteiger partial charge in [0.2, 0.25) is 0 Å². The van der Waals surface area contributed by atoms with Gasteiger partial charge in [0.25, 0.3) is 0 Å². The molecule has 3 unspecified atom stereocenters. The van der Waals surface area contributed by atoms with Crippen LogP contribution in [0.4, 0.5) is 0 Å². The molecular formula is C25H46. The highest BCUT2D eigenvalue weighted by Gasteiger charge is 2.37. The Kier molecular flexibility index (Phi) is 7.74. The van der Waals surface area contributed by atoms with Crippen LogP contribution in [0.5, 0.6) is 0 Å². The maximum absolute atomic E-state index is 2.38. The Morgan fingerprint density at radius 3 is 1.56 bits per heavy atom. The van der Waals surface area contributed by atoms with Crippen molar-refractivity contribution in [2.45, 2.75) is 117 Å². The maximum Gasteiger partial charge on any atom is -0.0383 e. The van der Waals surface area contributed by atoms with Gasteiger partial charge in [-0.1, -0.05) is 85.0 Å². The lowest BCUT2D eigenvalue weighted by Gasteiger charge is -2.39. The monoisotopic (exact) mass is 346 g/mol. The Balaban J connectivity index is 0.000000192. The lowest BCUT2D eigenvalue weighted by atomic mass is 9.66. The third-order valence-electron chi connectivity index (χ3n) is 8.77. The molecule has 4 aliphatic carbocycles. The summed E-state index contributed by atoms with van der Waals surface area (Å²) in [6, 6.07) is 0. The quantitative estimate of drug-likeness (QED) is 0.472. The fourth-order valence-electron chi connectivity index (χ4n) is 6.66. The topological polar surface area (TPSA) is 0 Å². The summed E-state index contributed by atoms with van der Waals surface area (Å²) in [5.74, 6) is 7.67. The van der Waals surface area contributed by atoms with Crippen LogP contribution in [0.25, 0.3) is 0 Å². The summed E-state index contributed by atoms with van der Waals surface area (Å²) in [5, 5.41) is 0. The van der Waals surface area contributed by atoms with Crippen molar-refractivity contribution >= 4 is 0 Å². The van der Waals surface area contributed by atoms with Crippen molar-refractivity contribution in [2.75, 3.05) is 0 Å². The summed E-state index contributed by atoms with van der Waals surface area (Å²) in [7, 11) is 0. The van der Waals surface area contributed by atoms with Gasteiger partial charge in [-0.25, -0.2) is 0 Å². The smallest absolute Gasteiger partial charge is 0.0383 e. The van der Waals surface area contributed by atoms with E-state index in [-0.39, 0.29) is 0 Å². The van der Waals surface area contributed by atoms with E-state index in [0.29, 0.717) is 0 Å². The van der Waals surface area contributed by atoms with Gasteiger partial charge in [-0.3, -0.25) is 0 Å². The molecular weight excluding hydrogens is 300 g/mol. The highest BCUT2D eigenvalue weighted by molar-refractivity contribution is 4.88. The molecule has 0 aliphatic heterocycles. The number of hydrogen-bond donors (Lipinski definition) is 0. The zero-order valence-corrected chi connectivity index (χ0v) is 17.6. The second-order valence-electron chi connectivity index (χ2n) is 10.6. The first kappa shape index (κ1) is 19.8. The third-order valence-corrected chi connectivity index (χ3v) is 8.77. The molecule has 0 radical (unpaired) electrons. The molecule has 0 bridgehead atoms. The lowest BCUT2D eigenvalue weighted by molar-refractivity contribution is 0.116. The van der Waals surface area contributed by atoms with E-state index in [4.69, 9.17) is 0 Å². The molecule has 4 fully saturated rings. The molecule has 0 heterocycles. The Morgan fingerprint density at radius 1 is 0.520 bits per heavy atom. The van der Waals surface area contributed by atoms with Crippen molar-refractivity contribution in [3.8, 4) is 0 Å². The largest absolute Gasteiger partial charge is 0.0651 e. The van der Waals surface area contributed by atoms with Crippen LogP contribution in [-0.4, -0.2) is 0 Å². The SMILES string of the molecule is CC1CCC(C)CC1.CCC1CCC(C2CCC3CCCC3C2)CC1. The molecule has 146 valence electrons. The van der Waals surface area contributed by atoms with E-state index in [2.05, 4.69) is 20.8 Å². The minimum Gasteiger partial charge on any atom is -0.0651 e. The average Bonchev–Trinajstić information content (AvgIpc) is 3.12. The Labute approximate surface area is 158 Å². The van der Waals surface area contributed by atoms with E-state index < -0.39 is 0 Å². The normalized spacial score (nSPS) is 44.5. The molecule has 0 heteroatoms. The van der Waals surface area contributed by atoms with Gasteiger partial charge < -0.3 is 0 Å². The molecule has 0 aromatic carbocycles. The van der Waals surface area contributed by atoms with Crippen molar-refractivity contribution in [2.24, 2.45) is 41.4 Å². The zero-order valence-electron chi connectivity index (χ0n) is 17.6. The van der Waals surface area contributed by atoms with Gasteiger partial charge in [0.15, 0.2) is 0 Å². The minimum absolute atomic E-state index is 1.02. The van der Waals surface area contributed by atoms with E-state index in [1.807, 2.05) is 0 Å². The van der Waals surface area contributed by atoms with Crippen LogP contribution in [0, 0.1) is 41.4 Å². The standard InChI is InChI=1S/C17H30.C8H16/c1-2-13-6-8-15(9-7-13)17-11-10-14-4-3-5-16(14)12-17;1-7-3-5-8(2)6-4-7/h13-17H,2-12H2,1H3;7-8H,3-6H2,1-2H3. The minimum atomic E-state index is 1.02. The maximum atomic E-state index is 2.38. The Hall–Kier alpha value is 0.